The van der Waals surface area contributed by atoms with E-state index in [1.54, 1.807) is 6.92 Å². The zero-order valence-corrected chi connectivity index (χ0v) is 9.58. The van der Waals surface area contributed by atoms with Crippen LogP contribution in [0.4, 0.5) is 5.69 Å². The maximum Gasteiger partial charge on any atom is 0.339 e. The first-order valence-electron chi connectivity index (χ1n) is 5.35. The summed E-state index contributed by atoms with van der Waals surface area (Å²) in [5.41, 5.74) is -0.169. The fourth-order valence-electron chi connectivity index (χ4n) is 1.89. The van der Waals surface area contributed by atoms with Gasteiger partial charge in [-0.1, -0.05) is 6.92 Å². The lowest BCUT2D eigenvalue weighted by Crippen LogP contribution is -2.30. The Bertz CT molecular complexity index is 551. The van der Waals surface area contributed by atoms with Crippen LogP contribution in [0.15, 0.2) is 18.2 Å². The number of aromatic hydroxyl groups is 1. The van der Waals surface area contributed by atoms with Crippen LogP contribution < -0.4 is 4.90 Å². The van der Waals surface area contributed by atoms with Crippen molar-refractivity contribution in [3.63, 3.8) is 0 Å². The van der Waals surface area contributed by atoms with E-state index in [9.17, 15) is 19.5 Å². The van der Waals surface area contributed by atoms with E-state index in [4.69, 9.17) is 5.11 Å². The summed E-state index contributed by atoms with van der Waals surface area (Å²) in [6.45, 7) is 1.64. The lowest BCUT2D eigenvalue weighted by molar-refractivity contribution is -0.122. The lowest BCUT2D eigenvalue weighted by atomic mass is 10.1. The van der Waals surface area contributed by atoms with E-state index in [-0.39, 0.29) is 29.5 Å². The summed E-state index contributed by atoms with van der Waals surface area (Å²) in [7, 11) is 0. The van der Waals surface area contributed by atoms with Crippen molar-refractivity contribution in [2.24, 2.45) is 5.92 Å². The number of benzene rings is 1. The number of nitrogens with zero attached hydrogens (tertiary/aromatic N) is 1. The summed E-state index contributed by atoms with van der Waals surface area (Å²) in [6.07, 6.45) is 0.113. The average molecular weight is 249 g/mol. The number of anilines is 1. The number of hydrogen-bond donors (Lipinski definition) is 2. The number of amides is 2. The van der Waals surface area contributed by atoms with E-state index in [1.807, 2.05) is 0 Å². The molecule has 0 aliphatic carbocycles. The molecule has 18 heavy (non-hydrogen) atoms. The molecule has 1 fully saturated rings. The smallest absolute Gasteiger partial charge is 0.339 e. The summed E-state index contributed by atoms with van der Waals surface area (Å²) in [5, 5.41) is 18.2. The van der Waals surface area contributed by atoms with Crippen molar-refractivity contribution < 1.29 is 24.6 Å². The van der Waals surface area contributed by atoms with Gasteiger partial charge < -0.3 is 10.2 Å². The summed E-state index contributed by atoms with van der Waals surface area (Å²) in [4.78, 5) is 35.3. The van der Waals surface area contributed by atoms with Gasteiger partial charge in [0.05, 0.1) is 5.69 Å². The van der Waals surface area contributed by atoms with Gasteiger partial charge in [0, 0.05) is 12.3 Å². The number of carbonyl (C=O) groups excluding carboxylic acids is 2. The second-order valence-electron chi connectivity index (χ2n) is 4.18. The number of phenols is 1. The Morgan fingerprint density at radius 1 is 1.39 bits per heavy atom. The maximum absolute atomic E-state index is 11.8. The highest BCUT2D eigenvalue weighted by Gasteiger charge is 2.36. The molecule has 1 aliphatic rings. The van der Waals surface area contributed by atoms with Crippen LogP contribution in [0.3, 0.4) is 0 Å². The molecule has 2 rings (SSSR count). The van der Waals surface area contributed by atoms with E-state index in [0.717, 1.165) is 17.0 Å². The van der Waals surface area contributed by atoms with Crippen molar-refractivity contribution >= 4 is 23.5 Å². The number of carbonyl (C=O) groups is 3. The predicted octanol–water partition coefficient (Wildman–Crippen LogP) is 0.990. The second kappa shape index (κ2) is 4.14. The molecule has 6 nitrogen and oxygen atoms in total. The fraction of sp³-hybridized carbons (Fsp3) is 0.250. The molecule has 0 radical (unpaired) electrons. The molecule has 2 amide bonds. The molecule has 1 aromatic rings. The Hall–Kier alpha value is -2.37. The van der Waals surface area contributed by atoms with Crippen LogP contribution in [0, 0.1) is 5.92 Å². The van der Waals surface area contributed by atoms with Crippen molar-refractivity contribution in [2.75, 3.05) is 4.90 Å². The number of imide groups is 1. The molecule has 1 atom stereocenters. The largest absolute Gasteiger partial charge is 0.507 e. The first-order valence-corrected chi connectivity index (χ1v) is 5.35. The van der Waals surface area contributed by atoms with Gasteiger partial charge >= 0.3 is 5.97 Å². The summed E-state index contributed by atoms with van der Waals surface area (Å²) < 4.78 is 0. The van der Waals surface area contributed by atoms with Gasteiger partial charge in [0.15, 0.2) is 0 Å². The van der Waals surface area contributed by atoms with Gasteiger partial charge in [-0.05, 0) is 18.2 Å². The molecule has 94 valence electrons. The van der Waals surface area contributed by atoms with Crippen LogP contribution >= 0.6 is 0 Å². The van der Waals surface area contributed by atoms with Crippen LogP contribution in [-0.2, 0) is 9.59 Å². The zero-order chi connectivity index (χ0) is 13.4. The molecule has 2 N–H and O–H groups in total. The van der Waals surface area contributed by atoms with Crippen molar-refractivity contribution in [1.82, 2.24) is 0 Å². The first kappa shape index (κ1) is 12.1. The average Bonchev–Trinajstić information content (AvgIpc) is 2.54. The van der Waals surface area contributed by atoms with Crippen molar-refractivity contribution in [3.05, 3.63) is 23.8 Å². The van der Waals surface area contributed by atoms with Gasteiger partial charge in [0.25, 0.3) is 0 Å². The highest BCUT2D eigenvalue weighted by atomic mass is 16.4. The van der Waals surface area contributed by atoms with Crippen molar-refractivity contribution in [1.29, 1.82) is 0 Å². The van der Waals surface area contributed by atoms with Crippen molar-refractivity contribution in [2.45, 2.75) is 13.3 Å². The van der Waals surface area contributed by atoms with Crippen LogP contribution in [0.25, 0.3) is 0 Å². The molecule has 0 saturated carbocycles. The Morgan fingerprint density at radius 2 is 2.06 bits per heavy atom. The van der Waals surface area contributed by atoms with E-state index in [1.165, 1.54) is 6.07 Å². The van der Waals surface area contributed by atoms with Gasteiger partial charge in [0.2, 0.25) is 11.8 Å². The minimum Gasteiger partial charge on any atom is -0.507 e. The normalized spacial score (nSPS) is 19.4. The Kier molecular flexibility index (Phi) is 2.78. The van der Waals surface area contributed by atoms with E-state index < -0.39 is 17.6 Å². The maximum atomic E-state index is 11.8. The van der Waals surface area contributed by atoms with Crippen LogP contribution in [0.2, 0.25) is 0 Å². The second-order valence-corrected chi connectivity index (χ2v) is 4.18. The van der Waals surface area contributed by atoms with Gasteiger partial charge in [-0.15, -0.1) is 0 Å². The highest BCUT2D eigenvalue weighted by Crippen LogP contribution is 2.29. The fourth-order valence-corrected chi connectivity index (χ4v) is 1.89. The van der Waals surface area contributed by atoms with Crippen molar-refractivity contribution in [3.8, 4) is 5.75 Å². The number of hydrogen-bond acceptors (Lipinski definition) is 4. The standard InChI is InChI=1S/C12H11NO5/c1-6-4-10(15)13(11(6)16)7-2-3-9(14)8(5-7)12(17)18/h2-3,5-6,14H,4H2,1H3,(H,17,18). The molecule has 1 aliphatic heterocycles. The first-order chi connectivity index (χ1) is 8.41. The third-order valence-electron chi connectivity index (χ3n) is 2.84. The number of carboxylic acid groups (broad SMARTS) is 1. The quantitative estimate of drug-likeness (QED) is 0.762. The molecule has 1 saturated heterocycles. The Morgan fingerprint density at radius 3 is 2.56 bits per heavy atom. The van der Waals surface area contributed by atoms with Gasteiger partial charge in [0.1, 0.15) is 11.3 Å². The zero-order valence-electron chi connectivity index (χ0n) is 9.58. The van der Waals surface area contributed by atoms with Gasteiger partial charge in [-0.25, -0.2) is 4.79 Å². The summed E-state index contributed by atoms with van der Waals surface area (Å²) in [5.74, 6) is -2.85. The molecule has 0 aromatic heterocycles. The topological polar surface area (TPSA) is 94.9 Å². The van der Waals surface area contributed by atoms with Crippen LogP contribution in [0.5, 0.6) is 5.75 Å². The molecule has 0 spiro atoms. The summed E-state index contributed by atoms with van der Waals surface area (Å²) in [6, 6.07) is 3.61. The van der Waals surface area contributed by atoms with Crippen LogP contribution in [-0.4, -0.2) is 28.0 Å². The number of carboxylic acids is 1. The molecule has 1 unspecified atom stereocenters. The van der Waals surface area contributed by atoms with E-state index in [2.05, 4.69) is 0 Å². The minimum absolute atomic E-state index is 0.113. The molecular weight excluding hydrogens is 238 g/mol. The molecular formula is C12H11NO5. The Balaban J connectivity index is 2.46. The number of rotatable bonds is 2. The van der Waals surface area contributed by atoms with E-state index >= 15 is 0 Å². The lowest BCUT2D eigenvalue weighted by Gasteiger charge is -2.15. The highest BCUT2D eigenvalue weighted by molar-refractivity contribution is 6.21. The predicted molar refractivity (Wildman–Crippen MR) is 61.3 cm³/mol. The minimum atomic E-state index is -1.32. The summed E-state index contributed by atoms with van der Waals surface area (Å²) >= 11 is 0. The van der Waals surface area contributed by atoms with Gasteiger partial charge in [-0.3, -0.25) is 14.5 Å². The third kappa shape index (κ3) is 1.81. The molecule has 1 heterocycles. The number of aromatic carboxylic acids is 1. The monoisotopic (exact) mass is 249 g/mol. The molecule has 1 aromatic carbocycles. The van der Waals surface area contributed by atoms with E-state index in [0.29, 0.717) is 0 Å². The molecule has 0 bridgehead atoms. The Labute approximate surface area is 102 Å². The van der Waals surface area contributed by atoms with Gasteiger partial charge in [-0.2, -0.15) is 0 Å². The third-order valence-corrected chi connectivity index (χ3v) is 2.84. The molecule has 6 heteroatoms. The van der Waals surface area contributed by atoms with Crippen LogP contribution in [0.1, 0.15) is 23.7 Å². The SMILES string of the molecule is CC1CC(=O)N(c2ccc(O)c(C(=O)O)c2)C1=O.